The Hall–Kier alpha value is -3.02. The molecule has 6 nitrogen and oxygen atoms in total. The van der Waals surface area contributed by atoms with E-state index in [-0.39, 0.29) is 12.3 Å². The molecule has 0 atom stereocenters. The van der Waals surface area contributed by atoms with Crippen LogP contribution in [0, 0.1) is 13.8 Å². The van der Waals surface area contributed by atoms with Gasteiger partial charge in [0.15, 0.2) is 0 Å². The van der Waals surface area contributed by atoms with E-state index in [2.05, 4.69) is 11.4 Å². The molecule has 2 amide bonds. The van der Waals surface area contributed by atoms with E-state index in [1.807, 2.05) is 58.9 Å². The van der Waals surface area contributed by atoms with Crippen molar-refractivity contribution in [1.82, 2.24) is 4.90 Å². The van der Waals surface area contributed by atoms with Crippen molar-refractivity contribution < 1.29 is 19.1 Å². The largest absolute Gasteiger partial charge is 0.492 e. The molecule has 0 saturated carbocycles. The molecule has 2 rings (SSSR count). The van der Waals surface area contributed by atoms with E-state index in [1.165, 1.54) is 0 Å². The quantitative estimate of drug-likeness (QED) is 0.714. The molecule has 0 saturated heterocycles. The number of hydrogen-bond donors (Lipinski definition) is 1. The van der Waals surface area contributed by atoms with Crippen molar-refractivity contribution >= 4 is 17.7 Å². The van der Waals surface area contributed by atoms with Gasteiger partial charge in [-0.3, -0.25) is 10.1 Å². The second-order valence-electron chi connectivity index (χ2n) is 8.49. The number of carbonyl (C=O) groups is 2. The van der Waals surface area contributed by atoms with Gasteiger partial charge in [0.25, 0.3) is 0 Å². The lowest BCUT2D eigenvalue weighted by Gasteiger charge is -2.20. The zero-order valence-electron chi connectivity index (χ0n) is 18.7. The average molecular weight is 413 g/mol. The van der Waals surface area contributed by atoms with Crippen LogP contribution < -0.4 is 10.1 Å². The summed E-state index contributed by atoms with van der Waals surface area (Å²) in [5.41, 5.74) is 3.24. The zero-order valence-corrected chi connectivity index (χ0v) is 18.7. The van der Waals surface area contributed by atoms with Crippen LogP contribution in [0.2, 0.25) is 0 Å². The number of aryl methyl sites for hydroxylation is 2. The summed E-state index contributed by atoms with van der Waals surface area (Å²) in [5, 5.41) is 2.68. The number of benzene rings is 2. The van der Waals surface area contributed by atoms with Gasteiger partial charge in [-0.25, -0.2) is 4.79 Å². The first-order chi connectivity index (χ1) is 14.0. The lowest BCUT2D eigenvalue weighted by atomic mass is 10.1. The van der Waals surface area contributed by atoms with Crippen LogP contribution in [0.4, 0.5) is 10.5 Å². The molecule has 6 heteroatoms. The molecule has 0 aliphatic carbocycles. The lowest BCUT2D eigenvalue weighted by molar-refractivity contribution is -0.129. The number of carbonyl (C=O) groups excluding carboxylic acids is 2. The summed E-state index contributed by atoms with van der Waals surface area (Å²) in [4.78, 5) is 25.9. The minimum absolute atomic E-state index is 0.00637. The SMILES string of the molecule is Cc1cc(C)cc(OCCN(C)C(=O)Cc2ccc(NC(=O)OC(C)(C)C)cc2)c1. The summed E-state index contributed by atoms with van der Waals surface area (Å²) in [6.07, 6.45) is -0.220. The molecule has 0 aliphatic rings. The fourth-order valence-corrected chi connectivity index (χ4v) is 2.88. The molecule has 1 N–H and O–H groups in total. The number of nitrogens with one attached hydrogen (secondary N) is 1. The monoisotopic (exact) mass is 412 g/mol. The molecule has 0 bridgehead atoms. The summed E-state index contributed by atoms with van der Waals surface area (Å²) in [6, 6.07) is 13.2. The van der Waals surface area contributed by atoms with Crippen molar-refractivity contribution in [2.75, 3.05) is 25.5 Å². The number of ether oxygens (including phenoxy) is 2. The number of amides is 2. The van der Waals surface area contributed by atoms with Crippen LogP contribution >= 0.6 is 0 Å². The molecule has 0 spiro atoms. The van der Waals surface area contributed by atoms with Crippen LogP contribution in [0.25, 0.3) is 0 Å². The molecule has 0 unspecified atom stereocenters. The molecule has 0 fully saturated rings. The minimum Gasteiger partial charge on any atom is -0.492 e. The third-order valence-corrected chi connectivity index (χ3v) is 4.27. The Labute approximate surface area is 179 Å². The standard InChI is InChI=1S/C24H32N2O4/c1-17-13-18(2)15-21(14-17)29-12-11-26(6)22(27)16-19-7-9-20(10-8-19)25-23(28)30-24(3,4)5/h7-10,13-15H,11-12,16H2,1-6H3,(H,25,28). The van der Waals surface area contributed by atoms with Crippen molar-refractivity contribution in [1.29, 1.82) is 0 Å². The average Bonchev–Trinajstić information content (AvgIpc) is 2.60. The highest BCUT2D eigenvalue weighted by Crippen LogP contribution is 2.16. The van der Waals surface area contributed by atoms with Crippen molar-refractivity contribution in [2.45, 2.75) is 46.6 Å². The Morgan fingerprint density at radius 3 is 2.17 bits per heavy atom. The van der Waals surface area contributed by atoms with E-state index in [4.69, 9.17) is 9.47 Å². The summed E-state index contributed by atoms with van der Waals surface area (Å²) in [6.45, 7) is 10.4. The van der Waals surface area contributed by atoms with E-state index in [1.54, 1.807) is 24.1 Å². The van der Waals surface area contributed by atoms with Gasteiger partial charge in [-0.2, -0.15) is 0 Å². The number of likely N-dealkylation sites (N-methyl/N-ethyl adjacent to an activating group) is 1. The molecule has 2 aromatic carbocycles. The van der Waals surface area contributed by atoms with Crippen molar-refractivity contribution in [2.24, 2.45) is 0 Å². The van der Waals surface area contributed by atoms with Gasteiger partial charge in [0.2, 0.25) is 5.91 Å². The first-order valence-electron chi connectivity index (χ1n) is 10.1. The molecule has 0 heterocycles. The minimum atomic E-state index is -0.553. The van der Waals surface area contributed by atoms with Gasteiger partial charge in [0.1, 0.15) is 18.0 Å². The van der Waals surface area contributed by atoms with Crippen LogP contribution in [-0.2, 0) is 16.0 Å². The number of rotatable bonds is 7. The Kier molecular flexibility index (Phi) is 7.86. The lowest BCUT2D eigenvalue weighted by Crippen LogP contribution is -2.32. The van der Waals surface area contributed by atoms with Gasteiger partial charge in [-0.15, -0.1) is 0 Å². The third-order valence-electron chi connectivity index (χ3n) is 4.27. The number of nitrogens with zero attached hydrogens (tertiary/aromatic N) is 1. The third kappa shape index (κ3) is 8.15. The Bertz CT molecular complexity index is 850. The fraction of sp³-hybridized carbons (Fsp3) is 0.417. The van der Waals surface area contributed by atoms with Gasteiger partial charge < -0.3 is 14.4 Å². The Morgan fingerprint density at radius 1 is 1.00 bits per heavy atom. The van der Waals surface area contributed by atoms with Crippen LogP contribution in [-0.4, -0.2) is 42.7 Å². The van der Waals surface area contributed by atoms with E-state index in [0.717, 1.165) is 22.4 Å². The zero-order chi connectivity index (χ0) is 22.3. The predicted molar refractivity (Wildman–Crippen MR) is 119 cm³/mol. The maximum Gasteiger partial charge on any atom is 0.412 e. The number of anilines is 1. The molecule has 0 aliphatic heterocycles. The van der Waals surface area contributed by atoms with Crippen LogP contribution in [0.5, 0.6) is 5.75 Å². The fourth-order valence-electron chi connectivity index (χ4n) is 2.88. The second-order valence-corrected chi connectivity index (χ2v) is 8.49. The summed E-state index contributed by atoms with van der Waals surface area (Å²) in [7, 11) is 1.77. The molecular formula is C24H32N2O4. The van der Waals surface area contributed by atoms with E-state index < -0.39 is 11.7 Å². The first-order valence-corrected chi connectivity index (χ1v) is 10.1. The van der Waals surface area contributed by atoms with Crippen molar-refractivity contribution in [3.8, 4) is 5.75 Å². The van der Waals surface area contributed by atoms with Gasteiger partial charge in [0.05, 0.1) is 13.0 Å². The van der Waals surface area contributed by atoms with Crippen LogP contribution in [0.15, 0.2) is 42.5 Å². The second kappa shape index (κ2) is 10.1. The van der Waals surface area contributed by atoms with Crippen molar-refractivity contribution in [3.63, 3.8) is 0 Å². The predicted octanol–water partition coefficient (Wildman–Crippen LogP) is 4.73. The highest BCUT2D eigenvalue weighted by molar-refractivity contribution is 5.85. The summed E-state index contributed by atoms with van der Waals surface area (Å²) < 4.78 is 11.0. The van der Waals surface area contributed by atoms with E-state index in [9.17, 15) is 9.59 Å². The summed E-state index contributed by atoms with van der Waals surface area (Å²) >= 11 is 0. The molecule has 0 aromatic heterocycles. The molecule has 30 heavy (non-hydrogen) atoms. The molecule has 0 radical (unpaired) electrons. The van der Waals surface area contributed by atoms with Crippen molar-refractivity contribution in [3.05, 3.63) is 59.2 Å². The maximum absolute atomic E-state index is 12.5. The number of hydrogen-bond acceptors (Lipinski definition) is 4. The van der Waals surface area contributed by atoms with Crippen LogP contribution in [0.3, 0.4) is 0 Å². The highest BCUT2D eigenvalue weighted by Gasteiger charge is 2.16. The summed E-state index contributed by atoms with van der Waals surface area (Å²) in [5.74, 6) is 0.827. The first kappa shape index (κ1) is 23.3. The smallest absolute Gasteiger partial charge is 0.412 e. The topological polar surface area (TPSA) is 67.9 Å². The molecule has 162 valence electrons. The van der Waals surface area contributed by atoms with Gasteiger partial charge in [-0.1, -0.05) is 18.2 Å². The molecule has 2 aromatic rings. The Balaban J connectivity index is 1.79. The maximum atomic E-state index is 12.5. The van der Waals surface area contributed by atoms with E-state index >= 15 is 0 Å². The van der Waals surface area contributed by atoms with Gasteiger partial charge >= 0.3 is 6.09 Å². The van der Waals surface area contributed by atoms with Crippen LogP contribution in [0.1, 0.15) is 37.5 Å². The van der Waals surface area contributed by atoms with Gasteiger partial charge in [-0.05, 0) is 75.6 Å². The normalized spacial score (nSPS) is 11.0. The van der Waals surface area contributed by atoms with E-state index in [0.29, 0.717) is 18.8 Å². The highest BCUT2D eigenvalue weighted by atomic mass is 16.6. The molecular weight excluding hydrogens is 380 g/mol. The Morgan fingerprint density at radius 2 is 1.60 bits per heavy atom. The van der Waals surface area contributed by atoms with Gasteiger partial charge in [0, 0.05) is 12.7 Å².